The predicted octanol–water partition coefficient (Wildman–Crippen LogP) is 5.09. The second kappa shape index (κ2) is 9.02. The number of ether oxygens (including phenoxy) is 1. The minimum atomic E-state index is -0.511. The fraction of sp³-hybridized carbons (Fsp3) is 0.150. The minimum absolute atomic E-state index is 0.250. The van der Waals surface area contributed by atoms with Crippen molar-refractivity contribution < 1.29 is 19.1 Å². The fourth-order valence-corrected chi connectivity index (χ4v) is 3.90. The Labute approximate surface area is 185 Å². The zero-order chi connectivity index (χ0) is 21.1. The first-order chi connectivity index (χ1) is 13.8. The van der Waals surface area contributed by atoms with Crippen LogP contribution in [-0.2, 0) is 9.59 Å². The average molecular weight is 496 g/mol. The van der Waals surface area contributed by atoms with Crippen LogP contribution in [0.3, 0.4) is 0 Å². The summed E-state index contributed by atoms with van der Waals surface area (Å²) in [4.78, 5) is 38.3. The van der Waals surface area contributed by atoms with Crippen molar-refractivity contribution in [3.05, 3.63) is 61.9 Å². The highest BCUT2D eigenvalue weighted by molar-refractivity contribution is 9.10. The summed E-state index contributed by atoms with van der Waals surface area (Å²) in [6.45, 7) is 1.53. The highest BCUT2D eigenvalue weighted by atomic mass is 79.9. The van der Waals surface area contributed by atoms with Crippen molar-refractivity contribution in [2.75, 3.05) is 19.0 Å². The van der Waals surface area contributed by atoms with E-state index in [1.807, 2.05) is 19.1 Å². The Kier molecular flexibility index (Phi) is 6.66. The Morgan fingerprint density at radius 3 is 2.72 bits per heavy atom. The highest BCUT2D eigenvalue weighted by Crippen LogP contribution is 2.33. The Morgan fingerprint density at radius 2 is 2.03 bits per heavy atom. The van der Waals surface area contributed by atoms with Gasteiger partial charge in [-0.05, 0) is 76.1 Å². The second-order valence-corrected chi connectivity index (χ2v) is 8.43. The molecule has 1 N–H and O–H groups in total. The van der Waals surface area contributed by atoms with Gasteiger partial charge < -0.3 is 10.1 Å². The third-order valence-corrected chi connectivity index (χ3v) is 6.25. The number of aryl methyl sites for hydroxylation is 1. The SMILES string of the molecule is COc1cc(/C=C2/SC(=O)N(CC(=O)Nc3ccc(Br)c(Cl)c3)C2=O)ccc1C. The monoisotopic (exact) mass is 494 g/mol. The van der Waals surface area contributed by atoms with Gasteiger partial charge in [0, 0.05) is 10.2 Å². The molecule has 0 saturated carbocycles. The third kappa shape index (κ3) is 5.01. The Bertz CT molecular complexity index is 1040. The molecule has 9 heteroatoms. The fourth-order valence-electron chi connectivity index (χ4n) is 2.63. The first-order valence-corrected chi connectivity index (χ1v) is 10.4. The number of halogens is 2. The van der Waals surface area contributed by atoms with Crippen LogP contribution in [-0.4, -0.2) is 35.6 Å². The zero-order valence-corrected chi connectivity index (χ0v) is 18.7. The van der Waals surface area contributed by atoms with Crippen LogP contribution in [0.2, 0.25) is 5.02 Å². The van der Waals surface area contributed by atoms with Gasteiger partial charge in [0.05, 0.1) is 17.0 Å². The molecular weight excluding hydrogens is 480 g/mol. The molecule has 1 aliphatic heterocycles. The molecule has 3 rings (SSSR count). The number of rotatable bonds is 5. The first-order valence-electron chi connectivity index (χ1n) is 8.43. The summed E-state index contributed by atoms with van der Waals surface area (Å²) in [5, 5.41) is 2.57. The maximum Gasteiger partial charge on any atom is 0.294 e. The maximum atomic E-state index is 12.6. The van der Waals surface area contributed by atoms with E-state index in [0.29, 0.717) is 20.9 Å². The van der Waals surface area contributed by atoms with Gasteiger partial charge >= 0.3 is 0 Å². The molecule has 0 spiro atoms. The molecule has 150 valence electrons. The van der Waals surface area contributed by atoms with E-state index in [-0.39, 0.29) is 11.4 Å². The standard InChI is InChI=1S/C20H16BrClN2O4S/c1-11-3-4-12(7-16(11)28-2)8-17-19(26)24(20(27)29-17)10-18(25)23-13-5-6-14(21)15(22)9-13/h3-9H,10H2,1-2H3,(H,23,25)/b17-8+. The molecule has 0 unspecified atom stereocenters. The van der Waals surface area contributed by atoms with Crippen molar-refractivity contribution in [2.24, 2.45) is 0 Å². The van der Waals surface area contributed by atoms with E-state index >= 15 is 0 Å². The second-order valence-electron chi connectivity index (χ2n) is 6.17. The van der Waals surface area contributed by atoms with Crippen molar-refractivity contribution in [1.29, 1.82) is 0 Å². The number of benzene rings is 2. The lowest BCUT2D eigenvalue weighted by molar-refractivity contribution is -0.127. The molecule has 1 fully saturated rings. The Morgan fingerprint density at radius 1 is 1.28 bits per heavy atom. The van der Waals surface area contributed by atoms with E-state index in [4.69, 9.17) is 16.3 Å². The molecule has 0 atom stereocenters. The molecule has 2 aromatic rings. The van der Waals surface area contributed by atoms with E-state index in [1.54, 1.807) is 37.5 Å². The number of hydrogen-bond acceptors (Lipinski definition) is 5. The number of hydrogen-bond donors (Lipinski definition) is 1. The lowest BCUT2D eigenvalue weighted by Crippen LogP contribution is -2.36. The van der Waals surface area contributed by atoms with Crippen molar-refractivity contribution >= 4 is 68.1 Å². The molecule has 6 nitrogen and oxygen atoms in total. The number of carbonyl (C=O) groups excluding carboxylic acids is 3. The number of imide groups is 1. The molecule has 0 radical (unpaired) electrons. The number of nitrogens with one attached hydrogen (secondary N) is 1. The predicted molar refractivity (Wildman–Crippen MR) is 118 cm³/mol. The molecule has 0 aromatic heterocycles. The normalized spacial score (nSPS) is 15.2. The van der Waals surface area contributed by atoms with Crippen molar-refractivity contribution in [3.8, 4) is 5.75 Å². The number of carbonyl (C=O) groups is 3. The van der Waals surface area contributed by atoms with Gasteiger partial charge in [-0.3, -0.25) is 19.3 Å². The quantitative estimate of drug-likeness (QED) is 0.585. The number of thioether (sulfide) groups is 1. The van der Waals surface area contributed by atoms with Crippen LogP contribution >= 0.6 is 39.3 Å². The summed E-state index contributed by atoms with van der Waals surface area (Å²) in [6.07, 6.45) is 1.61. The Balaban J connectivity index is 1.71. The summed E-state index contributed by atoms with van der Waals surface area (Å²) in [6, 6.07) is 10.4. The summed E-state index contributed by atoms with van der Waals surface area (Å²) >= 11 is 10.1. The lowest BCUT2D eigenvalue weighted by Gasteiger charge is -2.12. The maximum absolute atomic E-state index is 12.6. The van der Waals surface area contributed by atoms with Gasteiger partial charge in [-0.15, -0.1) is 0 Å². The number of amides is 3. The summed E-state index contributed by atoms with van der Waals surface area (Å²) in [5.41, 5.74) is 2.16. The van der Waals surface area contributed by atoms with Gasteiger partial charge in [0.1, 0.15) is 12.3 Å². The molecule has 0 aliphatic carbocycles. The van der Waals surface area contributed by atoms with Crippen LogP contribution in [0.15, 0.2) is 45.8 Å². The van der Waals surface area contributed by atoms with Crippen LogP contribution in [0.4, 0.5) is 10.5 Å². The van der Waals surface area contributed by atoms with Crippen LogP contribution in [0, 0.1) is 6.92 Å². The van der Waals surface area contributed by atoms with E-state index in [2.05, 4.69) is 21.2 Å². The van der Waals surface area contributed by atoms with E-state index in [9.17, 15) is 14.4 Å². The number of methoxy groups -OCH3 is 1. The smallest absolute Gasteiger partial charge is 0.294 e. The van der Waals surface area contributed by atoms with Crippen LogP contribution in [0.1, 0.15) is 11.1 Å². The van der Waals surface area contributed by atoms with Gasteiger partial charge in [-0.2, -0.15) is 0 Å². The lowest BCUT2D eigenvalue weighted by atomic mass is 10.1. The summed E-state index contributed by atoms with van der Waals surface area (Å²) < 4.78 is 5.98. The van der Waals surface area contributed by atoms with E-state index in [0.717, 1.165) is 27.8 Å². The largest absolute Gasteiger partial charge is 0.496 e. The molecule has 2 aromatic carbocycles. The zero-order valence-electron chi connectivity index (χ0n) is 15.5. The molecule has 29 heavy (non-hydrogen) atoms. The highest BCUT2D eigenvalue weighted by Gasteiger charge is 2.36. The van der Waals surface area contributed by atoms with Crippen molar-refractivity contribution in [1.82, 2.24) is 4.90 Å². The minimum Gasteiger partial charge on any atom is -0.496 e. The van der Waals surface area contributed by atoms with E-state index in [1.165, 1.54) is 0 Å². The third-order valence-electron chi connectivity index (χ3n) is 4.11. The Hall–Kier alpha value is -2.29. The van der Waals surface area contributed by atoms with Crippen molar-refractivity contribution in [2.45, 2.75) is 6.92 Å². The number of nitrogens with zero attached hydrogens (tertiary/aromatic N) is 1. The van der Waals surface area contributed by atoms with E-state index < -0.39 is 17.1 Å². The van der Waals surface area contributed by atoms with Gasteiger partial charge in [0.15, 0.2) is 0 Å². The summed E-state index contributed by atoms with van der Waals surface area (Å²) in [5.74, 6) is -0.321. The molecular formula is C20H16BrClN2O4S. The van der Waals surface area contributed by atoms with Crippen LogP contribution < -0.4 is 10.1 Å². The summed E-state index contributed by atoms with van der Waals surface area (Å²) in [7, 11) is 1.57. The molecule has 1 saturated heterocycles. The molecule has 1 aliphatic rings. The topological polar surface area (TPSA) is 75.7 Å². The van der Waals surface area contributed by atoms with Gasteiger partial charge in [-0.1, -0.05) is 23.7 Å². The van der Waals surface area contributed by atoms with Crippen LogP contribution in [0.25, 0.3) is 6.08 Å². The van der Waals surface area contributed by atoms with Gasteiger partial charge in [-0.25, -0.2) is 0 Å². The van der Waals surface area contributed by atoms with Crippen LogP contribution in [0.5, 0.6) is 5.75 Å². The molecule has 3 amide bonds. The van der Waals surface area contributed by atoms with Crippen molar-refractivity contribution in [3.63, 3.8) is 0 Å². The number of anilines is 1. The van der Waals surface area contributed by atoms with Gasteiger partial charge in [0.2, 0.25) is 5.91 Å². The average Bonchev–Trinajstić information content (AvgIpc) is 2.93. The van der Waals surface area contributed by atoms with Gasteiger partial charge in [0.25, 0.3) is 11.1 Å². The first kappa shape index (κ1) is 21.4. The molecule has 0 bridgehead atoms. The molecule has 1 heterocycles.